The fourth-order valence-electron chi connectivity index (χ4n) is 2.60. The smallest absolute Gasteiger partial charge is 0.131 e. The molecule has 2 aromatic rings. The van der Waals surface area contributed by atoms with Crippen LogP contribution in [-0.4, -0.2) is 23.9 Å². The number of methoxy groups -OCH3 is 1. The molecule has 1 heterocycles. The second kappa shape index (κ2) is 4.14. The van der Waals surface area contributed by atoms with Crippen LogP contribution in [0.4, 0.5) is 0 Å². The highest BCUT2D eigenvalue weighted by atomic mass is 16.5. The first-order valence-corrected chi connectivity index (χ1v) is 6.48. The molecule has 3 heteroatoms. The zero-order chi connectivity index (χ0) is 13.6. The minimum atomic E-state index is -0.565. The number of ether oxygens (including phenoxy) is 2. The number of benzene rings is 2. The number of aliphatic hydroxyl groups is 1. The number of rotatable bonds is 1. The lowest BCUT2D eigenvalue weighted by Gasteiger charge is -2.37. The average molecular weight is 258 g/mol. The molecule has 1 unspecified atom stereocenters. The van der Waals surface area contributed by atoms with Crippen molar-refractivity contribution in [1.29, 1.82) is 0 Å². The van der Waals surface area contributed by atoms with E-state index in [9.17, 15) is 5.11 Å². The van der Waals surface area contributed by atoms with E-state index in [1.807, 2.05) is 44.2 Å². The van der Waals surface area contributed by atoms with Crippen LogP contribution in [0, 0.1) is 0 Å². The monoisotopic (exact) mass is 258 g/mol. The van der Waals surface area contributed by atoms with E-state index in [1.165, 1.54) is 0 Å². The Kier molecular flexibility index (Phi) is 2.68. The van der Waals surface area contributed by atoms with E-state index in [0.29, 0.717) is 6.42 Å². The van der Waals surface area contributed by atoms with Gasteiger partial charge in [-0.1, -0.05) is 24.3 Å². The van der Waals surface area contributed by atoms with Crippen molar-refractivity contribution in [2.75, 3.05) is 7.11 Å². The van der Waals surface area contributed by atoms with Crippen molar-refractivity contribution in [2.45, 2.75) is 32.0 Å². The highest BCUT2D eigenvalue weighted by molar-refractivity contribution is 5.94. The van der Waals surface area contributed by atoms with Crippen molar-refractivity contribution < 1.29 is 14.6 Å². The fourth-order valence-corrected chi connectivity index (χ4v) is 2.60. The van der Waals surface area contributed by atoms with Gasteiger partial charge in [0.05, 0.1) is 13.2 Å². The standard InChI is InChI=1S/C16H18O3/c1-16(2)14(17)9-10-8-13(18-3)11-6-4-5-7-12(11)15(10)19-16/h4-8,14,17H,9H2,1-3H3. The van der Waals surface area contributed by atoms with Crippen molar-refractivity contribution in [3.05, 3.63) is 35.9 Å². The third kappa shape index (κ3) is 1.85. The molecule has 0 saturated carbocycles. The number of aliphatic hydroxyl groups excluding tert-OH is 1. The van der Waals surface area contributed by atoms with Crippen LogP contribution < -0.4 is 9.47 Å². The lowest BCUT2D eigenvalue weighted by molar-refractivity contribution is -0.0400. The molecule has 19 heavy (non-hydrogen) atoms. The van der Waals surface area contributed by atoms with Crippen LogP contribution in [-0.2, 0) is 6.42 Å². The van der Waals surface area contributed by atoms with Gasteiger partial charge in [-0.2, -0.15) is 0 Å². The van der Waals surface area contributed by atoms with Crippen molar-refractivity contribution in [2.24, 2.45) is 0 Å². The maximum atomic E-state index is 10.2. The van der Waals surface area contributed by atoms with Crippen LogP contribution in [0.25, 0.3) is 10.8 Å². The molecule has 0 radical (unpaired) electrons. The largest absolute Gasteiger partial charge is 0.496 e. The summed E-state index contributed by atoms with van der Waals surface area (Å²) in [6.45, 7) is 3.83. The summed E-state index contributed by atoms with van der Waals surface area (Å²) >= 11 is 0. The Bertz CT molecular complexity index is 631. The van der Waals surface area contributed by atoms with Gasteiger partial charge in [-0.25, -0.2) is 0 Å². The molecular weight excluding hydrogens is 240 g/mol. The molecule has 1 aliphatic heterocycles. The van der Waals surface area contributed by atoms with Crippen LogP contribution in [0.2, 0.25) is 0 Å². The third-order valence-electron chi connectivity index (χ3n) is 3.83. The highest BCUT2D eigenvalue weighted by Gasteiger charge is 2.36. The Morgan fingerprint density at radius 1 is 1.26 bits per heavy atom. The molecule has 0 amide bonds. The maximum Gasteiger partial charge on any atom is 0.131 e. The second-order valence-corrected chi connectivity index (χ2v) is 5.54. The number of hydrogen-bond donors (Lipinski definition) is 1. The van der Waals surface area contributed by atoms with E-state index in [4.69, 9.17) is 9.47 Å². The molecule has 1 aliphatic rings. The molecular formula is C16H18O3. The first-order chi connectivity index (χ1) is 9.03. The second-order valence-electron chi connectivity index (χ2n) is 5.54. The van der Waals surface area contributed by atoms with Crippen molar-refractivity contribution in [3.8, 4) is 11.5 Å². The third-order valence-corrected chi connectivity index (χ3v) is 3.83. The normalized spacial score (nSPS) is 20.7. The van der Waals surface area contributed by atoms with Crippen LogP contribution >= 0.6 is 0 Å². The van der Waals surface area contributed by atoms with Crippen molar-refractivity contribution in [3.63, 3.8) is 0 Å². The van der Waals surface area contributed by atoms with Crippen LogP contribution in [0.15, 0.2) is 30.3 Å². The summed E-state index contributed by atoms with van der Waals surface area (Å²) in [5.41, 5.74) is 0.437. The van der Waals surface area contributed by atoms with Crippen LogP contribution in [0.1, 0.15) is 19.4 Å². The van der Waals surface area contributed by atoms with Gasteiger partial charge in [-0.3, -0.25) is 0 Å². The fraction of sp³-hybridized carbons (Fsp3) is 0.375. The average Bonchev–Trinajstić information content (AvgIpc) is 2.39. The molecule has 3 rings (SSSR count). The molecule has 0 aromatic heterocycles. The Morgan fingerprint density at radius 2 is 1.95 bits per heavy atom. The molecule has 1 N–H and O–H groups in total. The van der Waals surface area contributed by atoms with Gasteiger partial charge in [0.1, 0.15) is 17.1 Å². The summed E-state index contributed by atoms with van der Waals surface area (Å²) in [6, 6.07) is 10.00. The van der Waals surface area contributed by atoms with Gasteiger partial charge in [-0.15, -0.1) is 0 Å². The molecule has 100 valence electrons. The molecule has 0 spiro atoms. The summed E-state index contributed by atoms with van der Waals surface area (Å²) in [4.78, 5) is 0. The molecule has 1 atom stereocenters. The minimum Gasteiger partial charge on any atom is -0.496 e. The van der Waals surface area contributed by atoms with Crippen LogP contribution in [0.5, 0.6) is 11.5 Å². The van der Waals surface area contributed by atoms with Gasteiger partial charge < -0.3 is 14.6 Å². The van der Waals surface area contributed by atoms with Gasteiger partial charge in [0.15, 0.2) is 0 Å². The quantitative estimate of drug-likeness (QED) is 0.854. The van der Waals surface area contributed by atoms with Crippen molar-refractivity contribution in [1.82, 2.24) is 0 Å². The predicted octanol–water partition coefficient (Wildman–Crippen LogP) is 2.92. The van der Waals surface area contributed by atoms with E-state index >= 15 is 0 Å². The van der Waals surface area contributed by atoms with Gasteiger partial charge in [0, 0.05) is 22.8 Å². The molecule has 0 fully saturated rings. The van der Waals surface area contributed by atoms with E-state index < -0.39 is 11.7 Å². The Hall–Kier alpha value is -1.74. The number of hydrogen-bond acceptors (Lipinski definition) is 3. The van der Waals surface area contributed by atoms with Crippen LogP contribution in [0.3, 0.4) is 0 Å². The first kappa shape index (κ1) is 12.3. The van der Waals surface area contributed by atoms with Gasteiger partial charge in [-0.05, 0) is 19.9 Å². The van der Waals surface area contributed by atoms with E-state index in [2.05, 4.69) is 0 Å². The molecule has 0 saturated heterocycles. The summed E-state index contributed by atoms with van der Waals surface area (Å²) in [6.07, 6.45) is 0.0784. The zero-order valence-corrected chi connectivity index (χ0v) is 11.4. The Labute approximate surface area is 112 Å². The van der Waals surface area contributed by atoms with E-state index in [1.54, 1.807) is 7.11 Å². The minimum absolute atomic E-state index is 0.508. The summed E-state index contributed by atoms with van der Waals surface area (Å²) in [5.74, 6) is 1.69. The Morgan fingerprint density at radius 3 is 2.63 bits per heavy atom. The summed E-state index contributed by atoms with van der Waals surface area (Å²) in [7, 11) is 1.66. The van der Waals surface area contributed by atoms with E-state index in [-0.39, 0.29) is 0 Å². The highest BCUT2D eigenvalue weighted by Crippen LogP contribution is 2.42. The topological polar surface area (TPSA) is 38.7 Å². The van der Waals surface area contributed by atoms with Gasteiger partial charge in [0.2, 0.25) is 0 Å². The number of fused-ring (bicyclic) bond motifs is 3. The maximum absolute atomic E-state index is 10.2. The van der Waals surface area contributed by atoms with Gasteiger partial charge >= 0.3 is 0 Å². The molecule has 0 bridgehead atoms. The lowest BCUT2D eigenvalue weighted by atomic mass is 9.89. The Balaban J connectivity index is 2.28. The SMILES string of the molecule is COc1cc2c(c3ccccc13)OC(C)(C)C(O)C2. The van der Waals surface area contributed by atoms with Crippen molar-refractivity contribution >= 4 is 10.8 Å². The lowest BCUT2D eigenvalue weighted by Crippen LogP contribution is -2.46. The summed E-state index contributed by atoms with van der Waals surface area (Å²) < 4.78 is 11.5. The predicted molar refractivity (Wildman–Crippen MR) is 74.9 cm³/mol. The molecule has 3 nitrogen and oxygen atoms in total. The first-order valence-electron chi connectivity index (χ1n) is 6.48. The molecule has 2 aromatic carbocycles. The van der Waals surface area contributed by atoms with E-state index in [0.717, 1.165) is 27.8 Å². The molecule has 0 aliphatic carbocycles. The summed E-state index contributed by atoms with van der Waals surface area (Å²) in [5, 5.41) is 12.2. The zero-order valence-electron chi connectivity index (χ0n) is 11.4. The van der Waals surface area contributed by atoms with Gasteiger partial charge in [0.25, 0.3) is 0 Å².